The number of halogens is 4. The molecule has 0 aliphatic rings. The van der Waals surface area contributed by atoms with Crippen LogP contribution in [0.15, 0.2) is 48.5 Å². The van der Waals surface area contributed by atoms with Gasteiger partial charge in [0.25, 0.3) is 0 Å². The fraction of sp³-hybridized carbons (Fsp3) is 0.222. The molecule has 8 heteroatoms. The molecule has 0 aromatic heterocycles. The fourth-order valence-electron chi connectivity index (χ4n) is 2.39. The van der Waals surface area contributed by atoms with E-state index < -0.39 is 36.0 Å². The van der Waals surface area contributed by atoms with Crippen LogP contribution < -0.4 is 5.32 Å². The van der Waals surface area contributed by atoms with Gasteiger partial charge in [0.2, 0.25) is 5.91 Å². The maximum atomic E-state index is 12.8. The first-order valence-electron chi connectivity index (χ1n) is 7.59. The maximum Gasteiger partial charge on any atom is 0.416 e. The van der Waals surface area contributed by atoms with Crippen molar-refractivity contribution >= 4 is 29.2 Å². The molecule has 2 N–H and O–H groups in total. The lowest BCUT2D eigenvalue weighted by Crippen LogP contribution is -2.27. The highest BCUT2D eigenvalue weighted by Gasteiger charge is 2.31. The molecule has 2 aromatic carbocycles. The van der Waals surface area contributed by atoms with E-state index in [1.165, 1.54) is 12.1 Å². The predicted molar refractivity (Wildman–Crippen MR) is 91.0 cm³/mol. The van der Waals surface area contributed by atoms with Gasteiger partial charge in [0, 0.05) is 10.7 Å². The summed E-state index contributed by atoms with van der Waals surface area (Å²) in [7, 11) is 0. The topological polar surface area (TPSA) is 66.4 Å². The highest BCUT2D eigenvalue weighted by Crippen LogP contribution is 2.31. The van der Waals surface area contributed by atoms with Gasteiger partial charge in [0.05, 0.1) is 17.9 Å². The molecule has 4 nitrogen and oxygen atoms in total. The molecule has 26 heavy (non-hydrogen) atoms. The van der Waals surface area contributed by atoms with Gasteiger partial charge < -0.3 is 10.4 Å². The van der Waals surface area contributed by atoms with Gasteiger partial charge in [-0.15, -0.1) is 0 Å². The van der Waals surface area contributed by atoms with E-state index in [0.29, 0.717) is 10.6 Å². The van der Waals surface area contributed by atoms with Gasteiger partial charge in [0.15, 0.2) is 0 Å². The number of carbonyl (C=O) groups is 2. The number of amides is 1. The number of nitrogens with one attached hydrogen (secondary N) is 1. The fourth-order valence-corrected chi connectivity index (χ4v) is 2.52. The van der Waals surface area contributed by atoms with Gasteiger partial charge in [-0.2, -0.15) is 13.2 Å². The van der Waals surface area contributed by atoms with Crippen LogP contribution in [0.5, 0.6) is 0 Å². The Balaban J connectivity index is 2.16. The van der Waals surface area contributed by atoms with Crippen LogP contribution in [0, 0.1) is 5.92 Å². The largest absolute Gasteiger partial charge is 0.481 e. The van der Waals surface area contributed by atoms with E-state index in [1.807, 2.05) is 0 Å². The van der Waals surface area contributed by atoms with E-state index in [0.717, 1.165) is 12.1 Å². The molecule has 1 unspecified atom stereocenters. The SMILES string of the molecule is O=C(O)CC(Cc1ccc(Cl)cc1)C(=O)Nc1cccc(C(F)(F)F)c1. The van der Waals surface area contributed by atoms with Crippen LogP contribution in [0.1, 0.15) is 17.5 Å². The number of benzene rings is 2. The molecule has 2 rings (SSSR count). The Kier molecular flexibility index (Phi) is 6.26. The number of rotatable bonds is 6. The van der Waals surface area contributed by atoms with E-state index >= 15 is 0 Å². The first kappa shape index (κ1) is 19.8. The van der Waals surface area contributed by atoms with Crippen LogP contribution in [0.3, 0.4) is 0 Å². The highest BCUT2D eigenvalue weighted by molar-refractivity contribution is 6.30. The smallest absolute Gasteiger partial charge is 0.416 e. The number of alkyl halides is 3. The Hall–Kier alpha value is -2.54. The van der Waals surface area contributed by atoms with Gasteiger partial charge in [-0.3, -0.25) is 9.59 Å². The van der Waals surface area contributed by atoms with E-state index in [4.69, 9.17) is 16.7 Å². The summed E-state index contributed by atoms with van der Waals surface area (Å²) in [6, 6.07) is 10.7. The number of carboxylic acid groups (broad SMARTS) is 1. The molecule has 0 radical (unpaired) electrons. The van der Waals surface area contributed by atoms with Crippen molar-refractivity contribution in [1.82, 2.24) is 0 Å². The van der Waals surface area contributed by atoms with E-state index in [-0.39, 0.29) is 12.1 Å². The number of hydrogen-bond donors (Lipinski definition) is 2. The molecule has 0 spiro atoms. The average molecular weight is 386 g/mol. The third-order valence-corrected chi connectivity index (χ3v) is 3.90. The molecule has 138 valence electrons. The molecule has 0 fully saturated rings. The summed E-state index contributed by atoms with van der Waals surface area (Å²) in [5, 5.41) is 11.9. The lowest BCUT2D eigenvalue weighted by Gasteiger charge is -2.16. The zero-order valence-corrected chi connectivity index (χ0v) is 14.1. The van der Waals surface area contributed by atoms with Crippen LogP contribution in [0.25, 0.3) is 0 Å². The standard InChI is InChI=1S/C18H15ClF3NO3/c19-14-6-4-11(5-7-14)8-12(9-16(24)25)17(26)23-15-3-1-2-13(10-15)18(20,21)22/h1-7,10,12H,8-9H2,(H,23,26)(H,24,25). The van der Waals surface area contributed by atoms with Crippen molar-refractivity contribution in [2.75, 3.05) is 5.32 Å². The number of carboxylic acids is 1. The minimum absolute atomic E-state index is 0.0451. The molecule has 0 heterocycles. The summed E-state index contributed by atoms with van der Waals surface area (Å²) in [5.74, 6) is -2.78. The molecule has 0 saturated heterocycles. The Labute approximate surface area is 152 Å². The average Bonchev–Trinajstić information content (AvgIpc) is 2.55. The number of aliphatic carboxylic acids is 1. The van der Waals surface area contributed by atoms with Crippen molar-refractivity contribution in [3.05, 3.63) is 64.7 Å². The molecule has 1 amide bonds. The zero-order valence-electron chi connectivity index (χ0n) is 13.4. The predicted octanol–water partition coefficient (Wildman–Crippen LogP) is 4.63. The van der Waals surface area contributed by atoms with Gasteiger partial charge >= 0.3 is 12.1 Å². The van der Waals surface area contributed by atoms with Crippen molar-refractivity contribution < 1.29 is 27.9 Å². The van der Waals surface area contributed by atoms with Crippen LogP contribution in [0.4, 0.5) is 18.9 Å². The van der Waals surface area contributed by atoms with Crippen molar-refractivity contribution in [3.63, 3.8) is 0 Å². The van der Waals surface area contributed by atoms with E-state index in [2.05, 4.69) is 5.32 Å². The van der Waals surface area contributed by atoms with Crippen LogP contribution >= 0.6 is 11.6 Å². The third kappa shape index (κ3) is 5.77. The Morgan fingerprint density at radius 1 is 1.12 bits per heavy atom. The maximum absolute atomic E-state index is 12.8. The van der Waals surface area contributed by atoms with Crippen molar-refractivity contribution in [2.45, 2.75) is 19.0 Å². The molecule has 0 aliphatic heterocycles. The molecule has 0 bridgehead atoms. The molecule has 0 saturated carbocycles. The van der Waals surface area contributed by atoms with Crippen LogP contribution in [0.2, 0.25) is 5.02 Å². The number of anilines is 1. The molecular weight excluding hydrogens is 371 g/mol. The Morgan fingerprint density at radius 2 is 1.77 bits per heavy atom. The monoisotopic (exact) mass is 385 g/mol. The van der Waals surface area contributed by atoms with E-state index in [9.17, 15) is 22.8 Å². The summed E-state index contributed by atoms with van der Waals surface area (Å²) in [6.45, 7) is 0. The van der Waals surface area contributed by atoms with Gasteiger partial charge in [-0.05, 0) is 42.3 Å². The normalized spacial score (nSPS) is 12.5. The molecule has 2 aromatic rings. The summed E-state index contributed by atoms with van der Waals surface area (Å²) in [4.78, 5) is 23.4. The second-order valence-corrected chi connectivity index (χ2v) is 6.13. The molecule has 1 atom stereocenters. The quantitative estimate of drug-likeness (QED) is 0.761. The third-order valence-electron chi connectivity index (χ3n) is 3.64. The van der Waals surface area contributed by atoms with Gasteiger partial charge in [0.1, 0.15) is 0 Å². The second kappa shape index (κ2) is 8.23. The first-order valence-corrected chi connectivity index (χ1v) is 7.97. The lowest BCUT2D eigenvalue weighted by atomic mass is 9.95. The van der Waals surface area contributed by atoms with Crippen molar-refractivity contribution in [2.24, 2.45) is 5.92 Å². The number of carbonyl (C=O) groups excluding carboxylic acids is 1. The molecule has 0 aliphatic carbocycles. The lowest BCUT2D eigenvalue weighted by molar-refractivity contribution is -0.140. The molecular formula is C18H15ClF3NO3. The first-order chi connectivity index (χ1) is 12.1. The van der Waals surface area contributed by atoms with E-state index in [1.54, 1.807) is 24.3 Å². The number of hydrogen-bond acceptors (Lipinski definition) is 2. The van der Waals surface area contributed by atoms with Gasteiger partial charge in [-0.1, -0.05) is 29.8 Å². The van der Waals surface area contributed by atoms with Gasteiger partial charge in [-0.25, -0.2) is 0 Å². The summed E-state index contributed by atoms with van der Waals surface area (Å²) < 4.78 is 38.3. The van der Waals surface area contributed by atoms with Crippen molar-refractivity contribution in [1.29, 1.82) is 0 Å². The van der Waals surface area contributed by atoms with Crippen LogP contribution in [-0.4, -0.2) is 17.0 Å². The Bertz CT molecular complexity index is 791. The Morgan fingerprint density at radius 3 is 2.35 bits per heavy atom. The highest BCUT2D eigenvalue weighted by atomic mass is 35.5. The van der Waals surface area contributed by atoms with Crippen LogP contribution in [-0.2, 0) is 22.2 Å². The minimum Gasteiger partial charge on any atom is -0.481 e. The van der Waals surface area contributed by atoms with Crippen molar-refractivity contribution in [3.8, 4) is 0 Å². The summed E-state index contributed by atoms with van der Waals surface area (Å²) >= 11 is 5.79. The summed E-state index contributed by atoms with van der Waals surface area (Å²) in [5.41, 5.74) is -0.251. The minimum atomic E-state index is -4.54. The summed E-state index contributed by atoms with van der Waals surface area (Å²) in [6.07, 6.45) is -4.87. The zero-order chi connectivity index (χ0) is 19.3. The second-order valence-electron chi connectivity index (χ2n) is 5.69.